The van der Waals surface area contributed by atoms with E-state index in [9.17, 15) is 18.3 Å². The minimum atomic E-state index is -2.92. The smallest absolute Gasteiger partial charge is 0.303 e. The van der Waals surface area contributed by atoms with E-state index in [0.29, 0.717) is 18.7 Å². The number of hydrogen-bond donors (Lipinski definition) is 1. The first-order chi connectivity index (χ1) is 19.2. The molecule has 210 valence electrons. The van der Waals surface area contributed by atoms with Crippen LogP contribution in [-0.4, -0.2) is 47.8 Å². The van der Waals surface area contributed by atoms with Crippen molar-refractivity contribution in [3.63, 3.8) is 0 Å². The van der Waals surface area contributed by atoms with Crippen LogP contribution in [0, 0.1) is 13.8 Å². The van der Waals surface area contributed by atoms with Crippen molar-refractivity contribution in [3.8, 4) is 22.8 Å². The highest BCUT2D eigenvalue weighted by molar-refractivity contribution is 7.99. The van der Waals surface area contributed by atoms with Crippen LogP contribution in [-0.2, 0) is 21.1 Å². The quantitative estimate of drug-likeness (QED) is 0.361. The van der Waals surface area contributed by atoms with Crippen LogP contribution in [0.15, 0.2) is 47.5 Å². The topological polar surface area (TPSA) is 103 Å². The van der Waals surface area contributed by atoms with Gasteiger partial charge in [-0.1, -0.05) is 18.2 Å². The zero-order chi connectivity index (χ0) is 28.0. The van der Waals surface area contributed by atoms with Crippen molar-refractivity contribution in [3.05, 3.63) is 70.4 Å². The molecule has 2 aromatic carbocycles. The summed E-state index contributed by atoms with van der Waals surface area (Å²) in [7, 11) is -2.92. The SMILES string of the molecule is Cc1cc(OC2CCS(=O)(=O)CC2)cc(C)c1-c1cccc2c1CCC2Oc1cc2c(cn1)C(CC(=O)O)CS2. The van der Waals surface area contributed by atoms with Crippen molar-refractivity contribution in [2.24, 2.45) is 0 Å². The van der Waals surface area contributed by atoms with Crippen molar-refractivity contribution in [1.82, 2.24) is 4.98 Å². The van der Waals surface area contributed by atoms with Gasteiger partial charge in [0.05, 0.1) is 17.9 Å². The Hall–Kier alpha value is -3.04. The number of rotatable bonds is 7. The van der Waals surface area contributed by atoms with E-state index in [1.54, 1.807) is 18.0 Å². The minimum absolute atomic E-state index is 0.00380. The van der Waals surface area contributed by atoms with Gasteiger partial charge in [-0.25, -0.2) is 13.4 Å². The summed E-state index contributed by atoms with van der Waals surface area (Å²) < 4.78 is 36.2. The van der Waals surface area contributed by atoms with E-state index in [1.807, 2.05) is 6.07 Å². The molecule has 0 saturated carbocycles. The van der Waals surface area contributed by atoms with Crippen molar-refractivity contribution >= 4 is 27.6 Å². The van der Waals surface area contributed by atoms with Gasteiger partial charge >= 0.3 is 5.97 Å². The number of nitrogens with zero attached hydrogens (tertiary/aromatic N) is 1. The van der Waals surface area contributed by atoms with Crippen LogP contribution >= 0.6 is 11.8 Å². The molecular weight excluding hydrogens is 546 g/mol. The van der Waals surface area contributed by atoms with Gasteiger partial charge in [0.25, 0.3) is 0 Å². The number of hydrogen-bond acceptors (Lipinski definition) is 7. The Balaban J connectivity index is 1.21. The summed E-state index contributed by atoms with van der Waals surface area (Å²) in [5.74, 6) is 1.73. The molecule has 3 heterocycles. The standard InChI is InChI=1S/C31H33NO6S2/c1-18-12-22(37-21-8-10-40(35,36)11-9-21)13-19(2)31(18)25-5-3-4-24-23(25)6-7-27(24)38-29-15-28-26(16-32-29)20(17-39-28)14-30(33)34/h3-5,12-13,15-16,20-21,27H,6-11,14,17H2,1-2H3,(H,33,34). The van der Waals surface area contributed by atoms with Gasteiger partial charge in [0.1, 0.15) is 18.0 Å². The van der Waals surface area contributed by atoms with E-state index in [-0.39, 0.29) is 36.1 Å². The number of sulfone groups is 1. The predicted molar refractivity (Wildman–Crippen MR) is 155 cm³/mol. The third kappa shape index (κ3) is 5.46. The molecule has 1 aliphatic carbocycles. The summed E-state index contributed by atoms with van der Waals surface area (Å²) in [5, 5.41) is 9.19. The maximum Gasteiger partial charge on any atom is 0.303 e. The van der Waals surface area contributed by atoms with Crippen LogP contribution in [0.5, 0.6) is 11.6 Å². The highest BCUT2D eigenvalue weighted by Gasteiger charge is 2.30. The van der Waals surface area contributed by atoms with Gasteiger partial charge in [0.2, 0.25) is 5.88 Å². The van der Waals surface area contributed by atoms with Gasteiger partial charge in [0, 0.05) is 28.8 Å². The molecule has 0 radical (unpaired) electrons. The lowest BCUT2D eigenvalue weighted by Crippen LogP contribution is -2.30. The summed E-state index contributed by atoms with van der Waals surface area (Å²) in [6.45, 7) is 4.21. The number of carboxylic acid groups (broad SMARTS) is 1. The number of fused-ring (bicyclic) bond motifs is 2. The highest BCUT2D eigenvalue weighted by atomic mass is 32.2. The monoisotopic (exact) mass is 579 g/mol. The second-order valence-corrected chi connectivity index (χ2v) is 14.5. The molecule has 0 spiro atoms. The lowest BCUT2D eigenvalue weighted by molar-refractivity contribution is -0.137. The number of aryl methyl sites for hydroxylation is 2. The first-order valence-electron chi connectivity index (χ1n) is 13.8. The molecule has 40 heavy (non-hydrogen) atoms. The second-order valence-electron chi connectivity index (χ2n) is 11.1. The molecule has 7 nitrogen and oxygen atoms in total. The molecule has 0 amide bonds. The van der Waals surface area contributed by atoms with Gasteiger partial charge in [0.15, 0.2) is 9.84 Å². The Morgan fingerprint density at radius 2 is 1.80 bits per heavy atom. The lowest BCUT2D eigenvalue weighted by Gasteiger charge is -2.24. The average Bonchev–Trinajstić information content (AvgIpc) is 3.49. The van der Waals surface area contributed by atoms with E-state index < -0.39 is 15.8 Å². The Kier molecular flexibility index (Phi) is 7.29. The maximum absolute atomic E-state index is 11.8. The van der Waals surface area contributed by atoms with Crippen molar-refractivity contribution in [2.75, 3.05) is 17.3 Å². The number of benzene rings is 2. The van der Waals surface area contributed by atoms with Crippen molar-refractivity contribution in [1.29, 1.82) is 0 Å². The highest BCUT2D eigenvalue weighted by Crippen LogP contribution is 2.45. The molecule has 3 aromatic rings. The third-order valence-electron chi connectivity index (χ3n) is 8.23. The number of carbonyl (C=O) groups is 1. The summed E-state index contributed by atoms with van der Waals surface area (Å²) >= 11 is 1.67. The van der Waals surface area contributed by atoms with Crippen LogP contribution in [0.3, 0.4) is 0 Å². The number of aromatic nitrogens is 1. The molecule has 6 rings (SSSR count). The normalized spacial score (nSPS) is 21.6. The first-order valence-corrected chi connectivity index (χ1v) is 16.6. The van der Waals surface area contributed by atoms with Crippen LogP contribution < -0.4 is 9.47 Å². The Morgan fingerprint density at radius 1 is 1.05 bits per heavy atom. The van der Waals surface area contributed by atoms with E-state index >= 15 is 0 Å². The molecule has 1 fully saturated rings. The molecule has 2 atom stereocenters. The van der Waals surface area contributed by atoms with Crippen molar-refractivity contribution < 1.29 is 27.8 Å². The largest absolute Gasteiger partial charge is 0.490 e. The van der Waals surface area contributed by atoms with E-state index in [1.165, 1.54) is 22.3 Å². The molecule has 1 N–H and O–H groups in total. The molecule has 2 unspecified atom stereocenters. The Morgan fingerprint density at radius 3 is 2.52 bits per heavy atom. The average molecular weight is 580 g/mol. The number of aliphatic carboxylic acids is 1. The molecular formula is C31H33NO6S2. The van der Waals surface area contributed by atoms with Crippen LogP contribution in [0.25, 0.3) is 11.1 Å². The van der Waals surface area contributed by atoms with Gasteiger partial charge < -0.3 is 14.6 Å². The second kappa shape index (κ2) is 10.7. The van der Waals surface area contributed by atoms with Crippen LogP contribution in [0.4, 0.5) is 0 Å². The lowest BCUT2D eigenvalue weighted by atomic mass is 9.90. The Labute approximate surface area is 239 Å². The number of ether oxygens (including phenoxy) is 2. The zero-order valence-corrected chi connectivity index (χ0v) is 24.3. The fourth-order valence-corrected chi connectivity index (χ4v) is 9.00. The molecule has 9 heteroatoms. The van der Waals surface area contributed by atoms with Crippen molar-refractivity contribution in [2.45, 2.75) is 69.0 Å². The van der Waals surface area contributed by atoms with E-state index in [4.69, 9.17) is 9.47 Å². The summed E-state index contributed by atoms with van der Waals surface area (Å²) in [4.78, 5) is 16.8. The summed E-state index contributed by atoms with van der Waals surface area (Å²) in [6.07, 6.45) is 4.60. The number of carboxylic acids is 1. The first kappa shape index (κ1) is 27.1. The van der Waals surface area contributed by atoms with Gasteiger partial charge in [-0.3, -0.25) is 4.79 Å². The van der Waals surface area contributed by atoms with Gasteiger partial charge in [-0.15, -0.1) is 11.8 Å². The van der Waals surface area contributed by atoms with E-state index in [2.05, 4.69) is 49.2 Å². The maximum atomic E-state index is 11.8. The number of pyridine rings is 1. The molecule has 0 bridgehead atoms. The van der Waals surface area contributed by atoms with Crippen LogP contribution in [0.2, 0.25) is 0 Å². The van der Waals surface area contributed by atoms with Gasteiger partial charge in [-0.05, 0) is 90.6 Å². The number of thioether (sulfide) groups is 1. The molecule has 1 saturated heterocycles. The fraction of sp³-hybridized carbons (Fsp3) is 0.419. The predicted octanol–water partition coefficient (Wildman–Crippen LogP) is 6.05. The molecule has 1 aromatic heterocycles. The van der Waals surface area contributed by atoms with Gasteiger partial charge in [-0.2, -0.15) is 0 Å². The Bertz CT molecular complexity index is 1550. The minimum Gasteiger partial charge on any atom is -0.490 e. The zero-order valence-electron chi connectivity index (χ0n) is 22.7. The summed E-state index contributed by atoms with van der Waals surface area (Å²) in [6, 6.07) is 12.5. The van der Waals surface area contributed by atoms with E-state index in [0.717, 1.165) is 45.9 Å². The molecule has 3 aliphatic rings. The van der Waals surface area contributed by atoms with Crippen LogP contribution in [0.1, 0.15) is 65.5 Å². The fourth-order valence-electron chi connectivity index (χ4n) is 6.30. The third-order valence-corrected chi connectivity index (χ3v) is 11.2. The summed E-state index contributed by atoms with van der Waals surface area (Å²) in [5.41, 5.74) is 8.14. The molecule has 2 aliphatic heterocycles.